The first-order valence-electron chi connectivity index (χ1n) is 4.80. The van der Waals surface area contributed by atoms with Gasteiger partial charge in [-0.1, -0.05) is 6.42 Å². The minimum atomic E-state index is -3.35. The predicted molar refractivity (Wildman–Crippen MR) is 54.0 cm³/mol. The van der Waals surface area contributed by atoms with Crippen LogP contribution in [-0.4, -0.2) is 55.4 Å². The van der Waals surface area contributed by atoms with Crippen molar-refractivity contribution in [3.8, 4) is 0 Å². The number of aliphatic hydroxyl groups is 1. The molecule has 6 heteroatoms. The Morgan fingerprint density at radius 1 is 1.43 bits per heavy atom. The summed E-state index contributed by atoms with van der Waals surface area (Å²) < 4.78 is 26.2. The van der Waals surface area contributed by atoms with Crippen LogP contribution in [0.5, 0.6) is 0 Å². The molecule has 1 aliphatic rings. The van der Waals surface area contributed by atoms with Gasteiger partial charge in [0, 0.05) is 26.7 Å². The van der Waals surface area contributed by atoms with E-state index in [1.807, 2.05) is 0 Å². The van der Waals surface area contributed by atoms with E-state index < -0.39 is 10.2 Å². The van der Waals surface area contributed by atoms with E-state index >= 15 is 0 Å². The highest BCUT2D eigenvalue weighted by Crippen LogP contribution is 2.20. The zero-order chi connectivity index (χ0) is 10.8. The molecule has 0 aromatic heterocycles. The zero-order valence-corrected chi connectivity index (χ0v) is 9.50. The Bertz CT molecular complexity index is 276. The predicted octanol–water partition coefficient (Wildman–Crippen LogP) is -0.360. The number of hydrogen-bond acceptors (Lipinski definition) is 3. The highest BCUT2D eigenvalue weighted by molar-refractivity contribution is 7.86. The fourth-order valence-electron chi connectivity index (χ4n) is 1.67. The van der Waals surface area contributed by atoms with Crippen molar-refractivity contribution in [2.75, 3.05) is 27.2 Å². The number of nitrogens with zero attached hydrogens (tertiary/aromatic N) is 2. The second kappa shape index (κ2) is 4.57. The molecule has 0 spiro atoms. The molecule has 0 aromatic rings. The Balaban J connectivity index is 2.83. The van der Waals surface area contributed by atoms with Crippen LogP contribution in [0.2, 0.25) is 0 Å². The van der Waals surface area contributed by atoms with E-state index in [4.69, 9.17) is 5.11 Å². The van der Waals surface area contributed by atoms with E-state index in [0.717, 1.165) is 19.3 Å². The third-order valence-corrected chi connectivity index (χ3v) is 4.54. The van der Waals surface area contributed by atoms with Gasteiger partial charge in [-0.2, -0.15) is 17.0 Å². The van der Waals surface area contributed by atoms with Crippen LogP contribution >= 0.6 is 0 Å². The molecular weight excluding hydrogens is 204 g/mol. The lowest BCUT2D eigenvalue weighted by Gasteiger charge is -2.35. The molecule has 1 rings (SSSR count). The van der Waals surface area contributed by atoms with Gasteiger partial charge in [0.2, 0.25) is 0 Å². The summed E-state index contributed by atoms with van der Waals surface area (Å²) >= 11 is 0. The highest BCUT2D eigenvalue weighted by Gasteiger charge is 2.32. The van der Waals surface area contributed by atoms with Gasteiger partial charge in [0.15, 0.2) is 0 Å². The standard InChI is InChI=1S/C8H18N2O3S/c1-9(2)14(12,13)10-6-4-3-5-8(10)7-11/h8,11H,3-7H2,1-2H3. The lowest BCUT2D eigenvalue weighted by Crippen LogP contribution is -2.49. The smallest absolute Gasteiger partial charge is 0.281 e. The van der Waals surface area contributed by atoms with Crippen molar-refractivity contribution in [2.24, 2.45) is 0 Å². The zero-order valence-electron chi connectivity index (χ0n) is 8.68. The molecule has 14 heavy (non-hydrogen) atoms. The third kappa shape index (κ3) is 2.25. The van der Waals surface area contributed by atoms with E-state index in [0.29, 0.717) is 6.54 Å². The number of piperidine rings is 1. The van der Waals surface area contributed by atoms with Gasteiger partial charge in [0.25, 0.3) is 10.2 Å². The molecule has 0 aromatic carbocycles. The molecule has 0 bridgehead atoms. The summed E-state index contributed by atoms with van der Waals surface area (Å²) in [6.45, 7) is 0.429. The summed E-state index contributed by atoms with van der Waals surface area (Å²) in [7, 11) is -0.330. The van der Waals surface area contributed by atoms with Crippen LogP contribution in [0.15, 0.2) is 0 Å². The summed E-state index contributed by atoms with van der Waals surface area (Å²) in [4.78, 5) is 0. The van der Waals surface area contributed by atoms with Gasteiger partial charge in [-0.05, 0) is 12.8 Å². The van der Waals surface area contributed by atoms with Gasteiger partial charge in [-0.25, -0.2) is 0 Å². The Morgan fingerprint density at radius 3 is 2.57 bits per heavy atom. The van der Waals surface area contributed by atoms with Crippen LogP contribution in [0.1, 0.15) is 19.3 Å². The number of rotatable bonds is 3. The molecule has 1 saturated heterocycles. The molecule has 1 unspecified atom stereocenters. The van der Waals surface area contributed by atoms with Crippen molar-refractivity contribution in [3.63, 3.8) is 0 Å². The topological polar surface area (TPSA) is 60.9 Å². The Kier molecular flexibility index (Phi) is 3.88. The number of hydrogen-bond donors (Lipinski definition) is 1. The SMILES string of the molecule is CN(C)S(=O)(=O)N1CCCCC1CO. The maximum absolute atomic E-state index is 11.8. The van der Waals surface area contributed by atoms with E-state index in [9.17, 15) is 8.42 Å². The van der Waals surface area contributed by atoms with Gasteiger partial charge >= 0.3 is 0 Å². The summed E-state index contributed by atoms with van der Waals surface area (Å²) in [5, 5.41) is 9.08. The summed E-state index contributed by atoms with van der Waals surface area (Å²) in [5.41, 5.74) is 0. The first-order chi connectivity index (χ1) is 6.50. The average molecular weight is 222 g/mol. The second-order valence-corrected chi connectivity index (χ2v) is 5.83. The van der Waals surface area contributed by atoms with Crippen LogP contribution in [0, 0.1) is 0 Å². The summed E-state index contributed by atoms with van der Waals surface area (Å²) in [5.74, 6) is 0. The van der Waals surface area contributed by atoms with Crippen molar-refractivity contribution in [1.82, 2.24) is 8.61 Å². The Labute approximate surface area is 85.5 Å². The fraction of sp³-hybridized carbons (Fsp3) is 1.00. The van der Waals surface area contributed by atoms with Gasteiger partial charge < -0.3 is 5.11 Å². The summed E-state index contributed by atoms with van der Waals surface area (Å²) in [6.07, 6.45) is 2.62. The molecule has 0 saturated carbocycles. The van der Waals surface area contributed by atoms with Crippen LogP contribution in [-0.2, 0) is 10.2 Å². The molecule has 84 valence electrons. The number of aliphatic hydroxyl groups excluding tert-OH is 1. The van der Waals surface area contributed by atoms with E-state index in [1.165, 1.54) is 22.7 Å². The van der Waals surface area contributed by atoms with Crippen molar-refractivity contribution in [1.29, 1.82) is 0 Å². The maximum atomic E-state index is 11.8. The normalized spacial score (nSPS) is 25.6. The first kappa shape index (κ1) is 11.9. The van der Waals surface area contributed by atoms with Crippen molar-refractivity contribution < 1.29 is 13.5 Å². The van der Waals surface area contributed by atoms with Gasteiger partial charge in [0.05, 0.1) is 6.61 Å². The molecule has 0 aliphatic carbocycles. The van der Waals surface area contributed by atoms with Crippen molar-refractivity contribution in [3.05, 3.63) is 0 Å². The van der Waals surface area contributed by atoms with E-state index in [2.05, 4.69) is 0 Å². The van der Waals surface area contributed by atoms with Crippen molar-refractivity contribution in [2.45, 2.75) is 25.3 Å². The molecule has 0 amide bonds. The molecule has 1 atom stereocenters. The minimum Gasteiger partial charge on any atom is -0.395 e. The van der Waals surface area contributed by atoms with Crippen molar-refractivity contribution >= 4 is 10.2 Å². The monoisotopic (exact) mass is 222 g/mol. The van der Waals surface area contributed by atoms with Gasteiger partial charge in [-0.3, -0.25) is 0 Å². The lowest BCUT2D eigenvalue weighted by atomic mass is 10.1. The maximum Gasteiger partial charge on any atom is 0.281 e. The minimum absolute atomic E-state index is 0.0902. The van der Waals surface area contributed by atoms with Crippen LogP contribution in [0.4, 0.5) is 0 Å². The molecule has 1 heterocycles. The summed E-state index contributed by atoms with van der Waals surface area (Å²) in [6, 6.07) is -0.240. The second-order valence-electron chi connectivity index (χ2n) is 3.73. The molecule has 1 aliphatic heterocycles. The largest absolute Gasteiger partial charge is 0.395 e. The van der Waals surface area contributed by atoms with Crippen LogP contribution in [0.25, 0.3) is 0 Å². The lowest BCUT2D eigenvalue weighted by molar-refractivity contribution is 0.150. The van der Waals surface area contributed by atoms with E-state index in [-0.39, 0.29) is 12.6 Å². The molecular formula is C8H18N2O3S. The molecule has 0 radical (unpaired) electrons. The van der Waals surface area contributed by atoms with Gasteiger partial charge in [0.1, 0.15) is 0 Å². The Hall–Kier alpha value is -0.170. The highest BCUT2D eigenvalue weighted by atomic mass is 32.2. The third-order valence-electron chi connectivity index (χ3n) is 2.54. The first-order valence-corrected chi connectivity index (χ1v) is 6.20. The Morgan fingerprint density at radius 2 is 2.07 bits per heavy atom. The average Bonchev–Trinajstić information content (AvgIpc) is 2.17. The van der Waals surface area contributed by atoms with Gasteiger partial charge in [-0.15, -0.1) is 0 Å². The van der Waals surface area contributed by atoms with E-state index in [1.54, 1.807) is 0 Å². The van der Waals surface area contributed by atoms with Crippen LogP contribution in [0.3, 0.4) is 0 Å². The molecule has 1 fully saturated rings. The molecule has 5 nitrogen and oxygen atoms in total. The molecule has 1 N–H and O–H groups in total. The fourth-order valence-corrected chi connectivity index (χ4v) is 3.00. The van der Waals surface area contributed by atoms with Crippen LogP contribution < -0.4 is 0 Å². The quantitative estimate of drug-likeness (QED) is 0.709.